The highest BCUT2D eigenvalue weighted by atomic mass is 16.5. The lowest BCUT2D eigenvalue weighted by Crippen LogP contribution is -2.30. The number of nitrogens with one attached hydrogen (secondary N) is 6. The number of carbonyl (C=O) groups excluding carboxylic acids is 4. The van der Waals surface area contributed by atoms with Crippen molar-refractivity contribution >= 4 is 80.1 Å². The summed E-state index contributed by atoms with van der Waals surface area (Å²) < 4.78 is 12.4. The molecule has 8 rings (SSSR count). The first-order chi connectivity index (χ1) is 31.0. The molecule has 0 aliphatic rings. The molecule has 0 radical (unpaired) electrons. The lowest BCUT2D eigenvalue weighted by Gasteiger charge is -2.12. The minimum atomic E-state index is -0.446. The number of amides is 6. The van der Waals surface area contributed by atoms with Gasteiger partial charge in [0.2, 0.25) is 5.52 Å². The van der Waals surface area contributed by atoms with Gasteiger partial charge in [0.1, 0.15) is 24.1 Å². The molecule has 0 atom stereocenters. The maximum absolute atomic E-state index is 12.7. The van der Waals surface area contributed by atoms with E-state index in [2.05, 4.69) is 47.2 Å². The zero-order valence-electron chi connectivity index (χ0n) is 36.9. The summed E-state index contributed by atoms with van der Waals surface area (Å²) in [6.07, 6.45) is 3.35. The molecule has 0 aliphatic heterocycles. The molecule has 0 saturated carbocycles. The van der Waals surface area contributed by atoms with Crippen molar-refractivity contribution in [3.63, 3.8) is 0 Å². The Morgan fingerprint density at radius 1 is 0.508 bits per heavy atom. The van der Waals surface area contributed by atoms with E-state index in [4.69, 9.17) is 9.05 Å². The molecule has 16 nitrogen and oxygen atoms in total. The fourth-order valence-electron chi connectivity index (χ4n) is 6.35. The van der Waals surface area contributed by atoms with Crippen molar-refractivity contribution in [1.29, 1.82) is 0 Å². The van der Waals surface area contributed by atoms with Crippen molar-refractivity contribution in [2.24, 2.45) is 7.05 Å². The molecule has 0 aliphatic carbocycles. The van der Waals surface area contributed by atoms with Crippen molar-refractivity contribution in [1.82, 2.24) is 15.3 Å². The Balaban J connectivity index is 0.000000194. The topological polar surface area (TPSA) is 209 Å². The number of anilines is 6. The van der Waals surface area contributed by atoms with Gasteiger partial charge in [-0.2, -0.15) is 0 Å². The highest BCUT2D eigenvalue weighted by Crippen LogP contribution is 2.26. The zero-order valence-corrected chi connectivity index (χ0v) is 36.9. The summed E-state index contributed by atoms with van der Waals surface area (Å²) in [6, 6.07) is 35.3. The molecule has 0 spiro atoms. The average Bonchev–Trinajstić information content (AvgIpc) is 3.96. The molecule has 0 bridgehead atoms. The molecular formula is C49H49N10O6+. The molecule has 4 aromatic carbocycles. The summed E-state index contributed by atoms with van der Waals surface area (Å²) in [6.45, 7) is 12.0. The molecule has 16 heteroatoms. The number of aromatic nitrogens is 4. The van der Waals surface area contributed by atoms with Crippen molar-refractivity contribution in [2.75, 3.05) is 31.9 Å². The highest BCUT2D eigenvalue weighted by molar-refractivity contribution is 6.07. The zero-order chi connectivity index (χ0) is 46.3. The number of nitrogens with zero attached hydrogens (tertiary/aromatic N) is 4. The molecular weight excluding hydrogens is 825 g/mol. The van der Waals surface area contributed by atoms with Gasteiger partial charge in [0.15, 0.2) is 17.8 Å². The third-order valence-electron chi connectivity index (χ3n) is 9.86. The molecule has 6 amide bonds. The van der Waals surface area contributed by atoms with E-state index in [1.807, 2.05) is 108 Å². The number of fused-ring (bicyclic) bond motifs is 2. The molecule has 4 heterocycles. The average molecular weight is 874 g/mol. The van der Waals surface area contributed by atoms with Crippen LogP contribution in [0.15, 0.2) is 143 Å². The third-order valence-corrected chi connectivity index (χ3v) is 9.86. The number of hydrogen-bond acceptors (Lipinski definition) is 9. The minimum absolute atomic E-state index is 0.200. The lowest BCUT2D eigenvalue weighted by atomic mass is 9.93. The van der Waals surface area contributed by atoms with Gasteiger partial charge in [-0.3, -0.25) is 25.2 Å². The van der Waals surface area contributed by atoms with Crippen molar-refractivity contribution < 1.29 is 32.8 Å². The summed E-state index contributed by atoms with van der Waals surface area (Å²) in [7, 11) is 1.91. The molecule has 6 N–H and O–H groups in total. The van der Waals surface area contributed by atoms with E-state index in [0.29, 0.717) is 57.0 Å². The number of rotatable bonds is 8. The van der Waals surface area contributed by atoms with Gasteiger partial charge < -0.3 is 30.3 Å². The molecule has 8 aromatic rings. The summed E-state index contributed by atoms with van der Waals surface area (Å²) in [5.41, 5.74) is 4.84. The molecule has 65 heavy (non-hydrogen) atoms. The van der Waals surface area contributed by atoms with E-state index in [0.717, 1.165) is 21.8 Å². The molecule has 330 valence electrons. The molecule has 0 fully saturated rings. The third kappa shape index (κ3) is 11.7. The Kier molecular flexibility index (Phi) is 13.0. The first kappa shape index (κ1) is 44.6. The molecule has 4 aromatic heterocycles. The van der Waals surface area contributed by atoms with Gasteiger partial charge in [0.25, 0.3) is 11.8 Å². The Labute approximate surface area is 374 Å². The number of hydrogen-bond donors (Lipinski definition) is 6. The van der Waals surface area contributed by atoms with Gasteiger partial charge in [-0.15, -0.1) is 0 Å². The van der Waals surface area contributed by atoms with Gasteiger partial charge in [0, 0.05) is 68.7 Å². The van der Waals surface area contributed by atoms with Crippen LogP contribution < -0.4 is 36.5 Å². The Bertz CT molecular complexity index is 3000. The first-order valence-electron chi connectivity index (χ1n) is 20.6. The molecule has 0 saturated heterocycles. The number of aryl methyl sites for hydroxylation is 1. The maximum Gasteiger partial charge on any atom is 0.324 e. The summed E-state index contributed by atoms with van der Waals surface area (Å²) in [5.74, 6) is 1.55. The monoisotopic (exact) mass is 873 g/mol. The largest absolute Gasteiger partial charge is 0.359 e. The Hall–Kier alpha value is -8.40. The smallest absolute Gasteiger partial charge is 0.324 e. The fourth-order valence-corrected chi connectivity index (χ4v) is 6.35. The summed E-state index contributed by atoms with van der Waals surface area (Å²) in [5, 5.41) is 26.0. The van der Waals surface area contributed by atoms with Crippen LogP contribution in [0, 0.1) is 0 Å². The second kappa shape index (κ2) is 18.9. The van der Waals surface area contributed by atoms with Gasteiger partial charge in [-0.1, -0.05) is 82.2 Å². The van der Waals surface area contributed by atoms with E-state index >= 15 is 0 Å². The van der Waals surface area contributed by atoms with E-state index in [-0.39, 0.29) is 22.6 Å². The standard InChI is InChI=1S/C25H25N5O3.C24H23N5O3/c1-25(2,3)21-14-22(29-33-21)28-24(32)27-19-11-9-18(10-12-19)26-23(31)17-13-16-7-5-6-8-20(16)30(4)15-17;1-24(2,3)20-13-21(29-32-20)28-23(31)27-18-10-8-17(9-11-18)26-22(30)16-12-15-6-4-5-7-19(15)25-14-16/h5-15H,1-4H3,(H2-,26,27,28,29,31,32);4-14H,1-3H3,(H,26,30)(H2,27,28,29,31)/p+1. The van der Waals surface area contributed by atoms with Crippen LogP contribution in [0.5, 0.6) is 0 Å². The Morgan fingerprint density at radius 2 is 0.938 bits per heavy atom. The van der Waals surface area contributed by atoms with Gasteiger partial charge in [0.05, 0.1) is 11.1 Å². The number of carbonyl (C=O) groups is 4. The number of benzene rings is 4. The maximum atomic E-state index is 12.7. The van der Waals surface area contributed by atoms with Crippen LogP contribution >= 0.6 is 0 Å². The van der Waals surface area contributed by atoms with Crippen LogP contribution in [-0.4, -0.2) is 39.2 Å². The van der Waals surface area contributed by atoms with Crippen LogP contribution in [0.4, 0.5) is 44.0 Å². The van der Waals surface area contributed by atoms with Crippen LogP contribution in [0.3, 0.4) is 0 Å². The van der Waals surface area contributed by atoms with Crippen LogP contribution in [-0.2, 0) is 17.9 Å². The predicted octanol–water partition coefficient (Wildman–Crippen LogP) is 10.3. The quantitative estimate of drug-likeness (QED) is 0.0801. The normalized spacial score (nSPS) is 11.2. The first-order valence-corrected chi connectivity index (χ1v) is 20.6. The number of pyridine rings is 2. The van der Waals surface area contributed by atoms with Crippen molar-refractivity contribution in [2.45, 2.75) is 52.4 Å². The van der Waals surface area contributed by atoms with Crippen LogP contribution in [0.2, 0.25) is 0 Å². The van der Waals surface area contributed by atoms with Crippen LogP contribution in [0.25, 0.3) is 21.8 Å². The van der Waals surface area contributed by atoms with E-state index in [9.17, 15) is 19.2 Å². The Morgan fingerprint density at radius 3 is 1.43 bits per heavy atom. The van der Waals surface area contributed by atoms with E-state index in [1.165, 1.54) is 0 Å². The number of para-hydroxylation sites is 2. The van der Waals surface area contributed by atoms with Crippen LogP contribution in [0.1, 0.15) is 73.8 Å². The lowest BCUT2D eigenvalue weighted by molar-refractivity contribution is -0.645. The van der Waals surface area contributed by atoms with Gasteiger partial charge >= 0.3 is 12.1 Å². The SMILES string of the molecule is CC(C)(C)c1cc(NC(=O)Nc2ccc(NC(=O)c3cnc4ccccc4c3)cc2)no1.C[n+]1cc(C(=O)Nc2ccc(NC(=O)Nc3cc(C(C)(C)C)on3)cc2)cc2ccccc21. The highest BCUT2D eigenvalue weighted by Gasteiger charge is 2.22. The summed E-state index contributed by atoms with van der Waals surface area (Å²) >= 11 is 0. The van der Waals surface area contributed by atoms with Gasteiger partial charge in [-0.05, 0) is 72.8 Å². The predicted molar refractivity (Wildman–Crippen MR) is 251 cm³/mol. The van der Waals surface area contributed by atoms with Crippen molar-refractivity contribution in [3.8, 4) is 0 Å². The minimum Gasteiger partial charge on any atom is -0.359 e. The van der Waals surface area contributed by atoms with E-state index in [1.54, 1.807) is 79.1 Å². The van der Waals surface area contributed by atoms with Gasteiger partial charge in [-0.25, -0.2) is 14.2 Å². The van der Waals surface area contributed by atoms with E-state index < -0.39 is 12.1 Å². The fraction of sp³-hybridized carbons (Fsp3) is 0.184. The second-order valence-electron chi connectivity index (χ2n) is 17.2. The number of urea groups is 2. The van der Waals surface area contributed by atoms with Crippen molar-refractivity contribution in [3.05, 3.63) is 156 Å². The second-order valence-corrected chi connectivity index (χ2v) is 17.2. The summed E-state index contributed by atoms with van der Waals surface area (Å²) in [4.78, 5) is 54.1. The molecule has 0 unspecified atom stereocenters.